The zero-order valence-electron chi connectivity index (χ0n) is 19.2. The minimum absolute atomic E-state index is 0. The summed E-state index contributed by atoms with van der Waals surface area (Å²) in [6, 6.07) is 14.4. The fourth-order valence-electron chi connectivity index (χ4n) is 3.55. The number of morpholine rings is 1. The Kier molecular flexibility index (Phi) is 11.6. The van der Waals surface area contributed by atoms with Gasteiger partial charge in [-0.1, -0.05) is 24.3 Å². The lowest BCUT2D eigenvalue weighted by molar-refractivity contribution is 0.0341. The Hall–Kier alpha value is -2.04. The highest BCUT2D eigenvalue weighted by atomic mass is 127. The van der Waals surface area contributed by atoms with Gasteiger partial charge in [0.25, 0.3) is 0 Å². The molecule has 7 nitrogen and oxygen atoms in total. The number of guanidine groups is 1. The van der Waals surface area contributed by atoms with Gasteiger partial charge in [0.2, 0.25) is 0 Å². The van der Waals surface area contributed by atoms with Crippen LogP contribution in [0.4, 0.5) is 0 Å². The van der Waals surface area contributed by atoms with Crippen molar-refractivity contribution in [2.75, 3.05) is 47.1 Å². The maximum absolute atomic E-state index is 5.49. The number of methoxy groups -OCH3 is 2. The summed E-state index contributed by atoms with van der Waals surface area (Å²) in [6.45, 7) is 8.62. The van der Waals surface area contributed by atoms with Crippen molar-refractivity contribution in [3.05, 3.63) is 59.2 Å². The molecule has 1 aliphatic heterocycles. The molecular weight excluding hydrogens is 519 g/mol. The second kappa shape index (κ2) is 14.2. The van der Waals surface area contributed by atoms with E-state index < -0.39 is 0 Å². The monoisotopic (exact) mass is 554 g/mol. The highest BCUT2D eigenvalue weighted by molar-refractivity contribution is 14.0. The molecule has 1 saturated heterocycles. The molecule has 8 heteroatoms. The SMILES string of the molecule is CCNC(=NCc1ccc(OC)cc1OC)NCc1ccccc1CN1CCOCC1.I. The predicted molar refractivity (Wildman–Crippen MR) is 139 cm³/mol. The van der Waals surface area contributed by atoms with E-state index in [4.69, 9.17) is 19.2 Å². The van der Waals surface area contributed by atoms with Crippen molar-refractivity contribution in [3.63, 3.8) is 0 Å². The van der Waals surface area contributed by atoms with Crippen molar-refractivity contribution < 1.29 is 14.2 Å². The maximum atomic E-state index is 5.49. The van der Waals surface area contributed by atoms with E-state index >= 15 is 0 Å². The van der Waals surface area contributed by atoms with E-state index in [2.05, 4.69) is 46.7 Å². The Balaban J connectivity index is 0.00000363. The van der Waals surface area contributed by atoms with Crippen molar-refractivity contribution in [3.8, 4) is 11.5 Å². The third-order valence-corrected chi connectivity index (χ3v) is 5.31. The minimum atomic E-state index is 0. The van der Waals surface area contributed by atoms with E-state index in [1.807, 2.05) is 18.2 Å². The molecule has 32 heavy (non-hydrogen) atoms. The van der Waals surface area contributed by atoms with Crippen LogP contribution >= 0.6 is 24.0 Å². The minimum Gasteiger partial charge on any atom is -0.497 e. The molecule has 0 amide bonds. The summed E-state index contributed by atoms with van der Waals surface area (Å²) in [5.41, 5.74) is 3.62. The molecule has 0 aromatic heterocycles. The van der Waals surface area contributed by atoms with Crippen LogP contribution in [0.1, 0.15) is 23.6 Å². The number of benzene rings is 2. The van der Waals surface area contributed by atoms with Crippen LogP contribution in [0, 0.1) is 0 Å². The lowest BCUT2D eigenvalue weighted by Crippen LogP contribution is -2.38. The third-order valence-electron chi connectivity index (χ3n) is 5.31. The topological polar surface area (TPSA) is 67.4 Å². The quantitative estimate of drug-likeness (QED) is 0.282. The van der Waals surface area contributed by atoms with Crippen molar-refractivity contribution >= 4 is 29.9 Å². The summed E-state index contributed by atoms with van der Waals surface area (Å²) >= 11 is 0. The number of aliphatic imine (C=N–C) groups is 1. The van der Waals surface area contributed by atoms with Gasteiger partial charge in [-0.3, -0.25) is 4.90 Å². The summed E-state index contributed by atoms with van der Waals surface area (Å²) in [6.07, 6.45) is 0. The molecular formula is C24H35IN4O3. The number of nitrogens with one attached hydrogen (secondary N) is 2. The molecule has 1 fully saturated rings. The van der Waals surface area contributed by atoms with E-state index in [9.17, 15) is 0 Å². The first-order valence-corrected chi connectivity index (χ1v) is 10.8. The Labute approximate surface area is 208 Å². The zero-order chi connectivity index (χ0) is 21.9. The zero-order valence-corrected chi connectivity index (χ0v) is 21.6. The number of hydrogen-bond acceptors (Lipinski definition) is 5. The summed E-state index contributed by atoms with van der Waals surface area (Å²) in [4.78, 5) is 7.20. The van der Waals surface area contributed by atoms with Gasteiger partial charge in [0, 0.05) is 44.4 Å². The molecule has 3 rings (SSSR count). The average molecular weight is 554 g/mol. The number of hydrogen-bond donors (Lipinski definition) is 2. The molecule has 0 radical (unpaired) electrons. The van der Waals surface area contributed by atoms with Gasteiger partial charge >= 0.3 is 0 Å². The van der Waals surface area contributed by atoms with Gasteiger partial charge in [0.1, 0.15) is 11.5 Å². The van der Waals surface area contributed by atoms with Gasteiger partial charge in [-0.15, -0.1) is 24.0 Å². The first-order chi connectivity index (χ1) is 15.2. The van der Waals surface area contributed by atoms with E-state index in [0.29, 0.717) is 13.1 Å². The molecule has 2 aromatic carbocycles. The Bertz CT molecular complexity index is 857. The number of rotatable bonds is 9. The van der Waals surface area contributed by atoms with Crippen LogP contribution in [0.3, 0.4) is 0 Å². The first-order valence-electron chi connectivity index (χ1n) is 10.8. The van der Waals surface area contributed by atoms with Gasteiger partial charge in [-0.2, -0.15) is 0 Å². The van der Waals surface area contributed by atoms with Crippen LogP contribution in [0.2, 0.25) is 0 Å². The molecule has 0 atom stereocenters. The molecule has 0 unspecified atom stereocenters. The molecule has 2 N–H and O–H groups in total. The highest BCUT2D eigenvalue weighted by Gasteiger charge is 2.13. The molecule has 1 aliphatic rings. The van der Waals surface area contributed by atoms with E-state index in [1.54, 1.807) is 14.2 Å². The summed E-state index contributed by atoms with van der Waals surface area (Å²) < 4.78 is 16.2. The van der Waals surface area contributed by atoms with Crippen molar-refractivity contribution in [2.24, 2.45) is 4.99 Å². The molecule has 0 aliphatic carbocycles. The van der Waals surface area contributed by atoms with Crippen LogP contribution in [0.25, 0.3) is 0 Å². The van der Waals surface area contributed by atoms with Crippen LogP contribution in [0.5, 0.6) is 11.5 Å². The first kappa shape index (κ1) is 26.2. The van der Waals surface area contributed by atoms with E-state index in [0.717, 1.165) is 62.4 Å². The van der Waals surface area contributed by atoms with Crippen LogP contribution in [-0.2, 0) is 24.4 Å². The van der Waals surface area contributed by atoms with Gasteiger partial charge in [0.05, 0.1) is 34.0 Å². The fraction of sp³-hybridized carbons (Fsp3) is 0.458. The third kappa shape index (κ3) is 7.83. The molecule has 0 spiro atoms. The largest absolute Gasteiger partial charge is 0.497 e. The fourth-order valence-corrected chi connectivity index (χ4v) is 3.55. The van der Waals surface area contributed by atoms with Gasteiger partial charge in [-0.05, 0) is 30.2 Å². The smallest absolute Gasteiger partial charge is 0.191 e. The van der Waals surface area contributed by atoms with Gasteiger partial charge < -0.3 is 24.8 Å². The lowest BCUT2D eigenvalue weighted by atomic mass is 10.1. The number of ether oxygens (including phenoxy) is 3. The predicted octanol–water partition coefficient (Wildman–Crippen LogP) is 3.41. The Morgan fingerprint density at radius 2 is 1.75 bits per heavy atom. The molecule has 1 heterocycles. The van der Waals surface area contributed by atoms with Gasteiger partial charge in [-0.25, -0.2) is 4.99 Å². The molecule has 0 bridgehead atoms. The van der Waals surface area contributed by atoms with Crippen LogP contribution < -0.4 is 20.1 Å². The number of halogens is 1. The van der Waals surface area contributed by atoms with Crippen molar-refractivity contribution in [1.29, 1.82) is 0 Å². The van der Waals surface area contributed by atoms with Crippen LogP contribution in [0.15, 0.2) is 47.5 Å². The van der Waals surface area contributed by atoms with Crippen molar-refractivity contribution in [2.45, 2.75) is 26.6 Å². The standard InChI is InChI=1S/C24H34N4O3.HI/c1-4-25-24(27-17-20-9-10-22(29-2)15-23(20)30-3)26-16-19-7-5-6-8-21(19)18-28-11-13-31-14-12-28;/h5-10,15H,4,11-14,16-18H2,1-3H3,(H2,25,26,27);1H. The second-order valence-corrected chi connectivity index (χ2v) is 7.38. The maximum Gasteiger partial charge on any atom is 0.191 e. The lowest BCUT2D eigenvalue weighted by Gasteiger charge is -2.27. The van der Waals surface area contributed by atoms with Crippen LogP contribution in [-0.4, -0.2) is 57.9 Å². The summed E-state index contributed by atoms with van der Waals surface area (Å²) in [7, 11) is 3.31. The summed E-state index contributed by atoms with van der Waals surface area (Å²) in [5, 5.41) is 6.81. The highest BCUT2D eigenvalue weighted by Crippen LogP contribution is 2.25. The normalized spacial score (nSPS) is 14.4. The van der Waals surface area contributed by atoms with E-state index in [-0.39, 0.29) is 24.0 Å². The molecule has 176 valence electrons. The van der Waals surface area contributed by atoms with Crippen molar-refractivity contribution in [1.82, 2.24) is 15.5 Å². The van der Waals surface area contributed by atoms with Gasteiger partial charge in [0.15, 0.2) is 5.96 Å². The Morgan fingerprint density at radius 3 is 2.44 bits per heavy atom. The Morgan fingerprint density at radius 1 is 1.00 bits per heavy atom. The summed E-state index contributed by atoms with van der Waals surface area (Å²) in [5.74, 6) is 2.32. The van der Waals surface area contributed by atoms with E-state index in [1.165, 1.54) is 11.1 Å². The second-order valence-electron chi connectivity index (χ2n) is 7.38. The average Bonchev–Trinajstić information content (AvgIpc) is 2.82. The molecule has 2 aromatic rings. The molecule has 0 saturated carbocycles. The number of nitrogens with zero attached hydrogens (tertiary/aromatic N) is 2.